The van der Waals surface area contributed by atoms with Crippen molar-refractivity contribution in [3.8, 4) is 11.4 Å². The second-order valence-corrected chi connectivity index (χ2v) is 6.26. The highest BCUT2D eigenvalue weighted by Crippen LogP contribution is 2.24. The van der Waals surface area contributed by atoms with Gasteiger partial charge in [-0.15, -0.1) is 23.5 Å². The molecule has 4 bridgehead atoms. The Balaban J connectivity index is 1.96. The summed E-state index contributed by atoms with van der Waals surface area (Å²) >= 11 is 3.45. The smallest absolute Gasteiger partial charge is 0.0968 e. The van der Waals surface area contributed by atoms with E-state index < -0.39 is 0 Å². The fraction of sp³-hybridized carbons (Fsp3) is 0.286. The Morgan fingerprint density at radius 3 is 1.84 bits per heavy atom. The van der Waals surface area contributed by atoms with E-state index in [1.54, 1.807) is 23.5 Å². The van der Waals surface area contributed by atoms with Crippen LogP contribution in [0.5, 0.6) is 0 Å². The summed E-state index contributed by atoms with van der Waals surface area (Å²) in [5, 5.41) is 2.06. The van der Waals surface area contributed by atoms with Crippen LogP contribution in [-0.4, -0.2) is 34.7 Å². The molecule has 0 N–H and O–H groups in total. The van der Waals surface area contributed by atoms with Crippen LogP contribution in [0.15, 0.2) is 46.5 Å². The van der Waals surface area contributed by atoms with Crippen molar-refractivity contribution in [2.24, 2.45) is 0 Å². The predicted octanol–water partition coefficient (Wildman–Crippen LogP) is 3.36. The van der Waals surface area contributed by atoms with Crippen molar-refractivity contribution in [1.82, 2.24) is 9.97 Å². The molecule has 0 fully saturated rings. The molecule has 19 heavy (non-hydrogen) atoms. The molecule has 98 valence electrons. The predicted molar refractivity (Wildman–Crippen MR) is 79.7 cm³/mol. The van der Waals surface area contributed by atoms with Crippen molar-refractivity contribution in [3.63, 3.8) is 0 Å². The first kappa shape index (κ1) is 13.0. The van der Waals surface area contributed by atoms with Crippen LogP contribution in [0.2, 0.25) is 0 Å². The van der Waals surface area contributed by atoms with Crippen LogP contribution in [0.25, 0.3) is 11.4 Å². The number of aromatic nitrogens is 2. The lowest BCUT2D eigenvalue weighted by Gasteiger charge is -2.04. The first-order valence-electron chi connectivity index (χ1n) is 6.20. The Morgan fingerprint density at radius 2 is 1.32 bits per heavy atom. The standard InChI is InChI=1S/C14H14N2OS2/c1-3-11-12-4-2-6-14(16-12)19-10-8-17-7-9-18-13(5-1)15-11/h1-6H,7-10H2. The van der Waals surface area contributed by atoms with Crippen molar-refractivity contribution < 1.29 is 4.74 Å². The topological polar surface area (TPSA) is 35.0 Å². The van der Waals surface area contributed by atoms with E-state index in [0.717, 1.165) is 46.2 Å². The molecule has 2 aromatic rings. The fourth-order valence-corrected chi connectivity index (χ4v) is 3.28. The molecule has 1 aliphatic rings. The number of hydrogen-bond donors (Lipinski definition) is 0. The largest absolute Gasteiger partial charge is 0.380 e. The van der Waals surface area contributed by atoms with Gasteiger partial charge in [-0.1, -0.05) is 12.1 Å². The minimum absolute atomic E-state index is 0.766. The quantitative estimate of drug-likeness (QED) is 0.743. The van der Waals surface area contributed by atoms with E-state index >= 15 is 0 Å². The van der Waals surface area contributed by atoms with Gasteiger partial charge >= 0.3 is 0 Å². The highest BCUT2D eigenvalue weighted by atomic mass is 32.2. The number of rotatable bonds is 0. The molecule has 2 aromatic heterocycles. The van der Waals surface area contributed by atoms with Crippen LogP contribution in [0.1, 0.15) is 0 Å². The average Bonchev–Trinajstić information content (AvgIpc) is 2.47. The number of pyridine rings is 2. The van der Waals surface area contributed by atoms with Gasteiger partial charge in [-0.3, -0.25) is 0 Å². The maximum absolute atomic E-state index is 5.59. The van der Waals surface area contributed by atoms with Gasteiger partial charge in [0.1, 0.15) is 0 Å². The maximum atomic E-state index is 5.59. The first-order valence-corrected chi connectivity index (χ1v) is 8.17. The van der Waals surface area contributed by atoms with Gasteiger partial charge in [-0.2, -0.15) is 0 Å². The monoisotopic (exact) mass is 290 g/mol. The van der Waals surface area contributed by atoms with Crippen LogP contribution in [0.3, 0.4) is 0 Å². The zero-order valence-corrected chi connectivity index (χ0v) is 12.0. The highest BCUT2D eigenvalue weighted by Gasteiger charge is 2.06. The minimum Gasteiger partial charge on any atom is -0.380 e. The van der Waals surface area contributed by atoms with Gasteiger partial charge in [0.15, 0.2) is 0 Å². The van der Waals surface area contributed by atoms with E-state index in [1.807, 2.05) is 36.4 Å². The summed E-state index contributed by atoms with van der Waals surface area (Å²) < 4.78 is 5.59. The Morgan fingerprint density at radius 1 is 0.789 bits per heavy atom. The van der Waals surface area contributed by atoms with Gasteiger partial charge in [-0.05, 0) is 24.3 Å². The summed E-state index contributed by atoms with van der Waals surface area (Å²) in [5.74, 6) is 1.87. The van der Waals surface area contributed by atoms with Gasteiger partial charge < -0.3 is 4.74 Å². The molecule has 0 aromatic carbocycles. The minimum atomic E-state index is 0.766. The van der Waals surface area contributed by atoms with Crippen molar-refractivity contribution in [2.75, 3.05) is 24.7 Å². The summed E-state index contributed by atoms with van der Waals surface area (Å²) in [6.07, 6.45) is 0. The average molecular weight is 290 g/mol. The van der Waals surface area contributed by atoms with Gasteiger partial charge in [0.05, 0.1) is 34.7 Å². The van der Waals surface area contributed by atoms with E-state index in [0.29, 0.717) is 0 Å². The van der Waals surface area contributed by atoms with Gasteiger partial charge in [0.25, 0.3) is 0 Å². The third-order valence-corrected chi connectivity index (χ3v) is 4.45. The van der Waals surface area contributed by atoms with E-state index in [1.165, 1.54) is 0 Å². The third-order valence-electron chi connectivity index (χ3n) is 2.66. The molecular weight excluding hydrogens is 276 g/mol. The first-order chi connectivity index (χ1) is 9.42. The number of fused-ring (bicyclic) bond motifs is 5. The molecular formula is C14H14N2OS2. The molecule has 5 heteroatoms. The zero-order valence-electron chi connectivity index (χ0n) is 10.4. The second kappa shape index (κ2) is 6.41. The number of nitrogens with zero attached hydrogens (tertiary/aromatic N) is 2. The van der Waals surface area contributed by atoms with Gasteiger partial charge in [0, 0.05) is 11.5 Å². The number of thioether (sulfide) groups is 2. The summed E-state index contributed by atoms with van der Waals surface area (Å²) in [6.45, 7) is 1.53. The van der Waals surface area contributed by atoms with Gasteiger partial charge in [-0.25, -0.2) is 9.97 Å². The highest BCUT2D eigenvalue weighted by molar-refractivity contribution is 7.99. The lowest BCUT2D eigenvalue weighted by atomic mass is 10.2. The van der Waals surface area contributed by atoms with Crippen LogP contribution < -0.4 is 0 Å². The van der Waals surface area contributed by atoms with Crippen molar-refractivity contribution in [2.45, 2.75) is 10.1 Å². The van der Waals surface area contributed by atoms with E-state index in [9.17, 15) is 0 Å². The Bertz CT molecular complexity index is 513. The molecule has 0 amide bonds. The molecule has 3 rings (SSSR count). The molecule has 0 radical (unpaired) electrons. The molecule has 3 nitrogen and oxygen atoms in total. The van der Waals surface area contributed by atoms with E-state index in [4.69, 9.17) is 4.74 Å². The van der Waals surface area contributed by atoms with Crippen molar-refractivity contribution >= 4 is 23.5 Å². The maximum Gasteiger partial charge on any atom is 0.0968 e. The third kappa shape index (κ3) is 3.49. The molecule has 0 unspecified atom stereocenters. The van der Waals surface area contributed by atoms with E-state index in [-0.39, 0.29) is 0 Å². The fourth-order valence-electron chi connectivity index (χ4n) is 1.79. The van der Waals surface area contributed by atoms with E-state index in [2.05, 4.69) is 9.97 Å². The zero-order chi connectivity index (χ0) is 12.9. The summed E-state index contributed by atoms with van der Waals surface area (Å²) in [6, 6.07) is 12.2. The summed E-state index contributed by atoms with van der Waals surface area (Å²) in [7, 11) is 0. The van der Waals surface area contributed by atoms with Crippen molar-refractivity contribution in [1.29, 1.82) is 0 Å². The lowest BCUT2D eigenvalue weighted by molar-refractivity contribution is 0.167. The number of ether oxygens (including phenoxy) is 1. The molecule has 0 atom stereocenters. The Labute approximate surface area is 121 Å². The summed E-state index contributed by atoms with van der Waals surface area (Å²) in [4.78, 5) is 9.29. The Hall–Kier alpha value is -1.04. The van der Waals surface area contributed by atoms with Gasteiger partial charge in [0.2, 0.25) is 0 Å². The SMILES string of the molecule is c1cc2nc(c1)-c1cccc(n1)SCCOCCS2. The molecule has 0 saturated heterocycles. The lowest BCUT2D eigenvalue weighted by Crippen LogP contribution is -2.01. The van der Waals surface area contributed by atoms with Crippen LogP contribution in [0.4, 0.5) is 0 Å². The van der Waals surface area contributed by atoms with Crippen molar-refractivity contribution in [3.05, 3.63) is 36.4 Å². The van der Waals surface area contributed by atoms with Crippen LogP contribution in [-0.2, 0) is 4.74 Å². The second-order valence-electron chi connectivity index (χ2n) is 4.03. The summed E-state index contributed by atoms with van der Waals surface area (Å²) in [5.41, 5.74) is 1.88. The molecule has 1 aliphatic heterocycles. The Kier molecular flexibility index (Phi) is 4.37. The number of hydrogen-bond acceptors (Lipinski definition) is 5. The molecule has 0 saturated carbocycles. The normalized spacial score (nSPS) is 16.0. The molecule has 0 spiro atoms. The van der Waals surface area contributed by atoms with Crippen LogP contribution >= 0.6 is 23.5 Å². The molecule has 3 heterocycles. The van der Waals surface area contributed by atoms with Crippen LogP contribution in [0, 0.1) is 0 Å². The molecule has 0 aliphatic carbocycles.